The van der Waals surface area contributed by atoms with Crippen LogP contribution in [-0.2, 0) is 4.79 Å². The summed E-state index contributed by atoms with van der Waals surface area (Å²) < 4.78 is 2.02. The van der Waals surface area contributed by atoms with Crippen LogP contribution < -0.4 is 10.5 Å². The van der Waals surface area contributed by atoms with Crippen LogP contribution in [-0.4, -0.2) is 56.2 Å². The minimum Gasteiger partial charge on any atom is -0.480 e. The van der Waals surface area contributed by atoms with Gasteiger partial charge in [-0.05, 0) is 81.8 Å². The summed E-state index contributed by atoms with van der Waals surface area (Å²) in [6.07, 6.45) is 15.6. The largest absolute Gasteiger partial charge is 0.480 e. The van der Waals surface area contributed by atoms with Crippen molar-refractivity contribution >= 4 is 22.8 Å². The molecule has 3 saturated heterocycles. The van der Waals surface area contributed by atoms with Crippen LogP contribution in [0.1, 0.15) is 89.5 Å². The lowest BCUT2D eigenvalue weighted by molar-refractivity contribution is -0.138. The van der Waals surface area contributed by atoms with E-state index in [-0.39, 0.29) is 11.6 Å². The maximum Gasteiger partial charge on any atom is 0.326 e. The van der Waals surface area contributed by atoms with Gasteiger partial charge in [-0.2, -0.15) is 0 Å². The molecule has 37 heavy (non-hydrogen) atoms. The lowest BCUT2D eigenvalue weighted by Crippen LogP contribution is -2.58. The number of hydrogen-bond acceptors (Lipinski definition) is 5. The number of hydrogen-bond donors (Lipinski definition) is 1. The van der Waals surface area contributed by atoms with Gasteiger partial charge in [-0.25, -0.2) is 9.78 Å². The van der Waals surface area contributed by atoms with Crippen LogP contribution in [0.3, 0.4) is 0 Å². The van der Waals surface area contributed by atoms with Crippen molar-refractivity contribution in [2.75, 3.05) is 11.4 Å². The smallest absolute Gasteiger partial charge is 0.326 e. The topological polar surface area (TPSA) is 78.7 Å². The van der Waals surface area contributed by atoms with E-state index in [1.54, 1.807) is 4.90 Å². The van der Waals surface area contributed by atoms with Crippen LogP contribution >= 0.6 is 0 Å². The Kier molecular flexibility index (Phi) is 6.02. The Hall–Kier alpha value is -2.41. The quantitative estimate of drug-likeness (QED) is 0.633. The van der Waals surface area contributed by atoms with Crippen molar-refractivity contribution in [1.29, 1.82) is 0 Å². The van der Waals surface area contributed by atoms with Gasteiger partial charge in [0.05, 0.1) is 11.0 Å². The highest BCUT2D eigenvalue weighted by molar-refractivity contribution is 5.80. The fourth-order valence-electron chi connectivity index (χ4n) is 9.10. The van der Waals surface area contributed by atoms with Gasteiger partial charge in [-0.15, -0.1) is 0 Å². The average molecular weight is 505 g/mol. The molecule has 4 bridgehead atoms. The maximum atomic E-state index is 14.1. The molecular formula is C30H40N4O3. The Balaban J connectivity index is 1.24. The molecule has 2 aliphatic carbocycles. The molecule has 2 aromatic rings. The predicted octanol–water partition coefficient (Wildman–Crippen LogP) is 4.98. The molecule has 7 atom stereocenters. The van der Waals surface area contributed by atoms with Crippen LogP contribution in [0.5, 0.6) is 0 Å². The highest BCUT2D eigenvalue weighted by Crippen LogP contribution is 2.47. The second-order valence-electron chi connectivity index (χ2n) is 12.6. The van der Waals surface area contributed by atoms with Crippen molar-refractivity contribution in [1.82, 2.24) is 14.5 Å². The molecule has 3 aliphatic heterocycles. The van der Waals surface area contributed by atoms with E-state index in [0.29, 0.717) is 30.9 Å². The molecule has 2 saturated carbocycles. The molecule has 7 nitrogen and oxygen atoms in total. The highest BCUT2D eigenvalue weighted by Gasteiger charge is 2.45. The van der Waals surface area contributed by atoms with Gasteiger partial charge in [0, 0.05) is 30.7 Å². The van der Waals surface area contributed by atoms with Crippen molar-refractivity contribution in [3.8, 4) is 0 Å². The van der Waals surface area contributed by atoms with Gasteiger partial charge in [0.25, 0.3) is 5.56 Å². The lowest BCUT2D eigenvalue weighted by Gasteiger charge is -2.55. The summed E-state index contributed by atoms with van der Waals surface area (Å²) in [6, 6.07) is 9.23. The Morgan fingerprint density at radius 1 is 0.811 bits per heavy atom. The first-order valence-electron chi connectivity index (χ1n) is 14.8. The van der Waals surface area contributed by atoms with Crippen LogP contribution in [0.25, 0.3) is 11.0 Å². The van der Waals surface area contributed by atoms with E-state index in [2.05, 4.69) is 4.90 Å². The number of nitrogens with zero attached hydrogens (tertiary/aromatic N) is 4. The SMILES string of the molecule is O=C(O)[C@@H]1CCCN1c1nc2ccccc2n([C@H]2C[C@H]3CCC[C@@H](C2)N3[C@H]2C[C@@H]3CCC[C@@H](C3)C2)c1=O. The molecule has 0 unspecified atom stereocenters. The number of carboxylic acid groups (broad SMARTS) is 1. The first-order valence-corrected chi connectivity index (χ1v) is 14.8. The number of benzene rings is 1. The van der Waals surface area contributed by atoms with Gasteiger partial charge in [-0.3, -0.25) is 9.69 Å². The molecule has 5 fully saturated rings. The van der Waals surface area contributed by atoms with E-state index in [1.165, 1.54) is 57.8 Å². The van der Waals surface area contributed by atoms with E-state index < -0.39 is 12.0 Å². The van der Waals surface area contributed by atoms with Crippen LogP contribution in [0, 0.1) is 11.8 Å². The van der Waals surface area contributed by atoms with Crippen LogP contribution in [0.2, 0.25) is 0 Å². The minimum atomic E-state index is -0.863. The summed E-state index contributed by atoms with van der Waals surface area (Å²) in [7, 11) is 0. The number of carboxylic acids is 1. The molecule has 0 amide bonds. The molecule has 7 rings (SSSR count). The molecule has 4 heterocycles. The molecular weight excluding hydrogens is 464 g/mol. The molecule has 198 valence electrons. The molecule has 1 N–H and O–H groups in total. The minimum absolute atomic E-state index is 0.101. The third-order valence-corrected chi connectivity index (χ3v) is 10.5. The fourth-order valence-corrected chi connectivity index (χ4v) is 9.10. The van der Waals surface area contributed by atoms with E-state index in [4.69, 9.17) is 4.98 Å². The van der Waals surface area contributed by atoms with Gasteiger partial charge in [0.2, 0.25) is 0 Å². The van der Waals surface area contributed by atoms with E-state index >= 15 is 0 Å². The van der Waals surface area contributed by atoms with Gasteiger partial charge < -0.3 is 14.6 Å². The standard InChI is InChI=1S/C30H40N4O3/c35-29-28(32-13-5-12-27(32)30(36)37)31-25-10-1-2-11-26(25)34(29)24-17-21-8-4-9-22(18-24)33(21)23-15-19-6-3-7-20(14-19)16-23/h1-2,10-11,19-24,27H,3-9,12-18H2,(H,36,37)/t19-,20+,21-,22+,23+,24+,27-/m0/s1. The van der Waals surface area contributed by atoms with Crippen molar-refractivity contribution in [2.45, 2.75) is 114 Å². The van der Waals surface area contributed by atoms with Gasteiger partial charge in [-0.1, -0.05) is 37.8 Å². The second-order valence-corrected chi connectivity index (χ2v) is 12.6. The fraction of sp³-hybridized carbons (Fsp3) is 0.700. The summed E-state index contributed by atoms with van der Waals surface area (Å²) in [5, 5.41) is 9.80. The number of carbonyl (C=O) groups is 1. The maximum absolute atomic E-state index is 14.1. The third-order valence-electron chi connectivity index (χ3n) is 10.5. The van der Waals surface area contributed by atoms with Crippen LogP contribution in [0.4, 0.5) is 5.82 Å². The second kappa shape index (κ2) is 9.40. The van der Waals surface area contributed by atoms with Crippen molar-refractivity contribution < 1.29 is 9.90 Å². The summed E-state index contributed by atoms with van der Waals surface area (Å²) in [5.41, 5.74) is 1.59. The predicted molar refractivity (Wildman–Crippen MR) is 144 cm³/mol. The molecule has 1 aromatic carbocycles. The molecule has 0 radical (unpaired) electrons. The molecule has 1 aromatic heterocycles. The number of rotatable bonds is 4. The van der Waals surface area contributed by atoms with E-state index in [9.17, 15) is 14.7 Å². The summed E-state index contributed by atoms with van der Waals surface area (Å²) >= 11 is 0. The Bertz CT molecular complexity index is 1220. The lowest BCUT2D eigenvalue weighted by atomic mass is 9.68. The first kappa shape index (κ1) is 23.7. The van der Waals surface area contributed by atoms with Gasteiger partial charge in [0.15, 0.2) is 5.82 Å². The molecule has 7 heteroatoms. The molecule has 5 aliphatic rings. The van der Waals surface area contributed by atoms with Gasteiger partial charge in [0.1, 0.15) is 6.04 Å². The zero-order valence-electron chi connectivity index (χ0n) is 21.8. The zero-order valence-corrected chi connectivity index (χ0v) is 21.8. The number of aliphatic carboxylic acids is 1. The monoisotopic (exact) mass is 504 g/mol. The van der Waals surface area contributed by atoms with Crippen LogP contribution in [0.15, 0.2) is 29.1 Å². The summed E-state index contributed by atoms with van der Waals surface area (Å²) in [4.78, 5) is 35.5. The number of aromatic nitrogens is 2. The van der Waals surface area contributed by atoms with E-state index in [1.807, 2.05) is 28.8 Å². The summed E-state index contributed by atoms with van der Waals surface area (Å²) in [5.74, 6) is 1.32. The first-order chi connectivity index (χ1) is 18.1. The number of anilines is 1. The Morgan fingerprint density at radius 2 is 1.51 bits per heavy atom. The van der Waals surface area contributed by atoms with Gasteiger partial charge >= 0.3 is 5.97 Å². The highest BCUT2D eigenvalue weighted by atomic mass is 16.4. The van der Waals surface area contributed by atoms with Crippen molar-refractivity contribution in [3.63, 3.8) is 0 Å². The van der Waals surface area contributed by atoms with E-state index in [0.717, 1.165) is 48.2 Å². The zero-order chi connectivity index (χ0) is 25.1. The summed E-state index contributed by atoms with van der Waals surface area (Å²) in [6.45, 7) is 0.575. The normalized spacial score (nSPS) is 36.1. The van der Waals surface area contributed by atoms with Crippen molar-refractivity contribution in [3.05, 3.63) is 34.6 Å². The Morgan fingerprint density at radius 3 is 2.24 bits per heavy atom. The average Bonchev–Trinajstić information content (AvgIpc) is 3.38. The van der Waals surface area contributed by atoms with Crippen molar-refractivity contribution in [2.24, 2.45) is 11.8 Å². The molecule has 0 spiro atoms. The number of fused-ring (bicyclic) bond motifs is 5. The number of piperidine rings is 2. The number of para-hydroxylation sites is 2. The third kappa shape index (κ3) is 4.08. The Labute approximate surface area is 218 Å².